The Morgan fingerprint density at radius 1 is 1.04 bits per heavy atom. The van der Waals surface area contributed by atoms with E-state index in [1.165, 1.54) is 12.1 Å². The van der Waals surface area contributed by atoms with Crippen molar-refractivity contribution in [2.45, 2.75) is 45.4 Å². The number of carbonyl (C=O) groups is 2. The van der Waals surface area contributed by atoms with Gasteiger partial charge in [-0.15, -0.1) is 0 Å². The Bertz CT molecular complexity index is 768. The number of phenolic OH excluding ortho intramolecular Hbond substituents is 1. The summed E-state index contributed by atoms with van der Waals surface area (Å²) in [6.07, 6.45) is -0.536. The topological polar surface area (TPSA) is 84.9 Å². The SMILES string of the molecule is CC(C)(C)OC(=O)N[C@@H](Cc1cccc(O)c1)C(=O)OCc1ccccc1. The maximum Gasteiger partial charge on any atom is 0.408 e. The molecule has 1 amide bonds. The van der Waals surface area contributed by atoms with Crippen molar-refractivity contribution in [1.82, 2.24) is 5.32 Å². The molecule has 2 N–H and O–H groups in total. The highest BCUT2D eigenvalue weighted by Crippen LogP contribution is 2.14. The van der Waals surface area contributed by atoms with Crippen LogP contribution in [0, 0.1) is 0 Å². The molecule has 0 fully saturated rings. The van der Waals surface area contributed by atoms with Crippen LogP contribution in [0.25, 0.3) is 0 Å². The quantitative estimate of drug-likeness (QED) is 0.758. The average Bonchev–Trinajstić information content (AvgIpc) is 2.58. The van der Waals surface area contributed by atoms with E-state index < -0.39 is 23.7 Å². The van der Waals surface area contributed by atoms with Gasteiger partial charge in [-0.2, -0.15) is 0 Å². The lowest BCUT2D eigenvalue weighted by Crippen LogP contribution is -2.45. The lowest BCUT2D eigenvalue weighted by atomic mass is 10.1. The summed E-state index contributed by atoms with van der Waals surface area (Å²) in [6, 6.07) is 14.8. The van der Waals surface area contributed by atoms with Gasteiger partial charge < -0.3 is 19.9 Å². The molecule has 1 atom stereocenters. The molecule has 0 aromatic heterocycles. The van der Waals surface area contributed by atoms with Crippen molar-refractivity contribution in [3.8, 4) is 5.75 Å². The number of nitrogens with one attached hydrogen (secondary N) is 1. The molecule has 0 bridgehead atoms. The molecule has 0 aliphatic rings. The Hall–Kier alpha value is -3.02. The molecule has 0 spiro atoms. The second-order valence-corrected chi connectivity index (χ2v) is 7.17. The first-order valence-corrected chi connectivity index (χ1v) is 8.71. The number of carbonyl (C=O) groups excluding carboxylic acids is 2. The van der Waals surface area contributed by atoms with E-state index in [2.05, 4.69) is 5.32 Å². The van der Waals surface area contributed by atoms with Crippen molar-refractivity contribution in [3.05, 3.63) is 65.7 Å². The average molecular weight is 371 g/mol. The van der Waals surface area contributed by atoms with Crippen LogP contribution in [-0.4, -0.2) is 28.8 Å². The van der Waals surface area contributed by atoms with Crippen LogP contribution in [0.15, 0.2) is 54.6 Å². The third-order valence-corrected chi connectivity index (χ3v) is 3.55. The fourth-order valence-corrected chi connectivity index (χ4v) is 2.39. The van der Waals surface area contributed by atoms with Gasteiger partial charge >= 0.3 is 12.1 Å². The molecule has 2 rings (SSSR count). The monoisotopic (exact) mass is 371 g/mol. The predicted octanol–water partition coefficient (Wildman–Crippen LogP) is 3.57. The minimum absolute atomic E-state index is 0.0844. The number of hydrogen-bond acceptors (Lipinski definition) is 5. The second kappa shape index (κ2) is 9.07. The van der Waals surface area contributed by atoms with Gasteiger partial charge in [0.15, 0.2) is 0 Å². The summed E-state index contributed by atoms with van der Waals surface area (Å²) in [5.41, 5.74) is 0.847. The van der Waals surface area contributed by atoms with Crippen LogP contribution in [0.1, 0.15) is 31.9 Å². The lowest BCUT2D eigenvalue weighted by molar-refractivity contribution is -0.147. The van der Waals surface area contributed by atoms with Crippen LogP contribution >= 0.6 is 0 Å². The Labute approximate surface area is 159 Å². The molecule has 0 aliphatic carbocycles. The zero-order chi connectivity index (χ0) is 19.9. The summed E-state index contributed by atoms with van der Waals surface area (Å²) in [7, 11) is 0. The van der Waals surface area contributed by atoms with E-state index in [4.69, 9.17) is 9.47 Å². The maximum atomic E-state index is 12.6. The largest absolute Gasteiger partial charge is 0.508 e. The highest BCUT2D eigenvalue weighted by Gasteiger charge is 2.26. The zero-order valence-corrected chi connectivity index (χ0v) is 15.8. The van der Waals surface area contributed by atoms with Gasteiger partial charge in [0.1, 0.15) is 24.0 Å². The molecule has 0 unspecified atom stereocenters. The molecule has 6 nitrogen and oxygen atoms in total. The summed E-state index contributed by atoms with van der Waals surface area (Å²) in [6.45, 7) is 5.33. The van der Waals surface area contributed by atoms with E-state index in [1.807, 2.05) is 30.3 Å². The van der Waals surface area contributed by atoms with Crippen molar-refractivity contribution in [3.63, 3.8) is 0 Å². The van der Waals surface area contributed by atoms with Crippen LogP contribution in [0.2, 0.25) is 0 Å². The van der Waals surface area contributed by atoms with Crippen molar-refractivity contribution in [2.75, 3.05) is 0 Å². The first kappa shape index (κ1) is 20.3. The van der Waals surface area contributed by atoms with Gasteiger partial charge in [-0.3, -0.25) is 0 Å². The molecule has 0 aliphatic heterocycles. The van der Waals surface area contributed by atoms with Gasteiger partial charge in [-0.1, -0.05) is 42.5 Å². The van der Waals surface area contributed by atoms with Crippen LogP contribution in [-0.2, 0) is 27.3 Å². The number of phenols is 1. The van der Waals surface area contributed by atoms with Crippen molar-refractivity contribution < 1.29 is 24.2 Å². The second-order valence-electron chi connectivity index (χ2n) is 7.17. The third kappa shape index (κ3) is 7.40. The number of amides is 1. The van der Waals surface area contributed by atoms with Crippen LogP contribution in [0.4, 0.5) is 4.79 Å². The predicted molar refractivity (Wildman–Crippen MR) is 101 cm³/mol. The molecule has 144 valence electrons. The Kier molecular flexibility index (Phi) is 6.82. The molecule has 0 radical (unpaired) electrons. The molecule has 0 saturated heterocycles. The van der Waals surface area contributed by atoms with E-state index in [0.29, 0.717) is 5.56 Å². The Morgan fingerprint density at radius 3 is 2.33 bits per heavy atom. The number of alkyl carbamates (subject to hydrolysis) is 1. The molecule has 2 aromatic carbocycles. The van der Waals surface area contributed by atoms with Crippen molar-refractivity contribution in [1.29, 1.82) is 0 Å². The fourth-order valence-electron chi connectivity index (χ4n) is 2.39. The molecule has 6 heteroatoms. The summed E-state index contributed by atoms with van der Waals surface area (Å²) in [5, 5.41) is 12.2. The van der Waals surface area contributed by atoms with Gasteiger partial charge in [0.05, 0.1) is 0 Å². The smallest absolute Gasteiger partial charge is 0.408 e. The van der Waals surface area contributed by atoms with Gasteiger partial charge in [0.25, 0.3) is 0 Å². The van der Waals surface area contributed by atoms with Gasteiger partial charge in [-0.05, 0) is 44.0 Å². The molecule has 0 heterocycles. The first-order valence-electron chi connectivity index (χ1n) is 8.71. The number of esters is 1. The fraction of sp³-hybridized carbons (Fsp3) is 0.333. The zero-order valence-electron chi connectivity index (χ0n) is 15.8. The Balaban J connectivity index is 2.07. The Morgan fingerprint density at radius 2 is 1.70 bits per heavy atom. The summed E-state index contributed by atoms with van der Waals surface area (Å²) in [5.74, 6) is -0.491. The van der Waals surface area contributed by atoms with E-state index in [1.54, 1.807) is 32.9 Å². The van der Waals surface area contributed by atoms with Gasteiger partial charge in [0.2, 0.25) is 0 Å². The number of hydrogen-bond donors (Lipinski definition) is 2. The molecule has 0 saturated carbocycles. The first-order chi connectivity index (χ1) is 12.7. The van der Waals surface area contributed by atoms with Gasteiger partial charge in [-0.25, -0.2) is 9.59 Å². The highest BCUT2D eigenvalue weighted by atomic mass is 16.6. The van der Waals surface area contributed by atoms with Crippen LogP contribution in [0.5, 0.6) is 5.75 Å². The van der Waals surface area contributed by atoms with Crippen LogP contribution in [0.3, 0.4) is 0 Å². The van der Waals surface area contributed by atoms with Crippen molar-refractivity contribution in [2.24, 2.45) is 0 Å². The number of rotatable bonds is 6. The standard InChI is InChI=1S/C21H25NO5/c1-21(2,3)27-20(25)22-18(13-16-10-7-11-17(23)12-16)19(24)26-14-15-8-5-4-6-9-15/h4-12,18,23H,13-14H2,1-3H3,(H,22,25)/t18-/m0/s1. The highest BCUT2D eigenvalue weighted by molar-refractivity contribution is 5.81. The normalized spacial score (nSPS) is 12.1. The van der Waals surface area contributed by atoms with E-state index in [-0.39, 0.29) is 18.8 Å². The summed E-state index contributed by atoms with van der Waals surface area (Å²) in [4.78, 5) is 24.7. The molecule has 27 heavy (non-hydrogen) atoms. The van der Waals surface area contributed by atoms with E-state index in [0.717, 1.165) is 5.56 Å². The van der Waals surface area contributed by atoms with E-state index >= 15 is 0 Å². The molecular weight excluding hydrogens is 346 g/mol. The number of aromatic hydroxyl groups is 1. The number of benzene rings is 2. The van der Waals surface area contributed by atoms with E-state index in [9.17, 15) is 14.7 Å². The minimum Gasteiger partial charge on any atom is -0.508 e. The minimum atomic E-state index is -0.939. The number of ether oxygens (including phenoxy) is 2. The molecular formula is C21H25NO5. The lowest BCUT2D eigenvalue weighted by Gasteiger charge is -2.23. The third-order valence-electron chi connectivity index (χ3n) is 3.55. The summed E-state index contributed by atoms with van der Waals surface area (Å²) < 4.78 is 10.6. The maximum absolute atomic E-state index is 12.6. The van der Waals surface area contributed by atoms with Gasteiger partial charge in [0, 0.05) is 6.42 Å². The summed E-state index contributed by atoms with van der Waals surface area (Å²) >= 11 is 0. The molecule has 2 aromatic rings. The van der Waals surface area contributed by atoms with Crippen molar-refractivity contribution >= 4 is 12.1 Å². The van der Waals surface area contributed by atoms with Crippen LogP contribution < -0.4 is 5.32 Å².